The first kappa shape index (κ1) is 11.1. The summed E-state index contributed by atoms with van der Waals surface area (Å²) in [4.78, 5) is 1.07. The Bertz CT molecular complexity index is 435. The molecule has 0 aliphatic rings. The van der Waals surface area contributed by atoms with Gasteiger partial charge in [-0.25, -0.2) is 0 Å². The van der Waals surface area contributed by atoms with Crippen LogP contribution in [-0.2, 0) is 0 Å². The van der Waals surface area contributed by atoms with Crippen molar-refractivity contribution >= 4 is 38.9 Å². The maximum Gasteiger partial charge on any atom is 0.107 e. The Labute approximate surface area is 106 Å². The highest BCUT2D eigenvalue weighted by atomic mass is 79.9. The lowest BCUT2D eigenvalue weighted by atomic mass is 10.1. The Balaban J connectivity index is 2.32. The summed E-state index contributed by atoms with van der Waals surface area (Å²) in [5, 5.41) is 0. The summed E-state index contributed by atoms with van der Waals surface area (Å²) in [6, 6.07) is 11.9. The van der Waals surface area contributed by atoms with Gasteiger partial charge in [-0.2, -0.15) is 0 Å². The lowest BCUT2D eigenvalue weighted by Crippen LogP contribution is -2.09. The zero-order valence-corrected chi connectivity index (χ0v) is 10.9. The third-order valence-corrected chi connectivity index (χ3v) is 4.69. The summed E-state index contributed by atoms with van der Waals surface area (Å²) in [5.74, 6) is 0. The zero-order chi connectivity index (χ0) is 10.8. The van der Waals surface area contributed by atoms with E-state index in [0.717, 1.165) is 19.2 Å². The minimum atomic E-state index is -0.0972. The topological polar surface area (TPSA) is 26.0 Å². The normalized spacial score (nSPS) is 12.7. The van der Waals surface area contributed by atoms with Crippen molar-refractivity contribution < 1.29 is 0 Å². The maximum atomic E-state index is 6.13. The average molecular weight is 303 g/mol. The molecule has 0 aliphatic heterocycles. The van der Waals surface area contributed by atoms with Crippen LogP contribution in [0.1, 0.15) is 16.5 Å². The molecule has 0 bridgehead atoms. The molecule has 1 aromatic heterocycles. The molecule has 0 amide bonds. The zero-order valence-electron chi connectivity index (χ0n) is 7.78. The van der Waals surface area contributed by atoms with Crippen molar-refractivity contribution in [3.8, 4) is 0 Å². The molecule has 0 fully saturated rings. The van der Waals surface area contributed by atoms with E-state index in [1.54, 1.807) is 0 Å². The molecule has 0 aliphatic carbocycles. The van der Waals surface area contributed by atoms with Gasteiger partial charge in [0.05, 0.1) is 6.04 Å². The van der Waals surface area contributed by atoms with Crippen LogP contribution in [-0.4, -0.2) is 0 Å². The largest absolute Gasteiger partial charge is 0.320 e. The first-order valence-electron chi connectivity index (χ1n) is 4.43. The van der Waals surface area contributed by atoms with Crippen LogP contribution in [0.4, 0.5) is 0 Å². The fourth-order valence-corrected chi connectivity index (χ4v) is 3.11. The van der Waals surface area contributed by atoms with Gasteiger partial charge in [0, 0.05) is 9.35 Å². The van der Waals surface area contributed by atoms with Gasteiger partial charge in [0.1, 0.15) is 4.34 Å². The lowest BCUT2D eigenvalue weighted by Gasteiger charge is -2.08. The first-order valence-corrected chi connectivity index (χ1v) is 6.42. The smallest absolute Gasteiger partial charge is 0.107 e. The molecule has 1 unspecified atom stereocenters. The van der Waals surface area contributed by atoms with Crippen LogP contribution in [0.2, 0.25) is 4.34 Å². The van der Waals surface area contributed by atoms with Crippen LogP contribution >= 0.6 is 38.9 Å². The minimum absolute atomic E-state index is 0.0972. The van der Waals surface area contributed by atoms with Gasteiger partial charge < -0.3 is 5.73 Å². The van der Waals surface area contributed by atoms with E-state index in [-0.39, 0.29) is 6.04 Å². The van der Waals surface area contributed by atoms with Gasteiger partial charge in [0.15, 0.2) is 0 Å². The molecule has 1 nitrogen and oxygen atoms in total. The monoisotopic (exact) mass is 301 g/mol. The third kappa shape index (κ3) is 2.42. The molecule has 0 radical (unpaired) electrons. The van der Waals surface area contributed by atoms with Crippen molar-refractivity contribution in [1.29, 1.82) is 0 Å². The molecule has 78 valence electrons. The van der Waals surface area contributed by atoms with Crippen LogP contribution in [0.3, 0.4) is 0 Å². The fraction of sp³-hybridized carbons (Fsp3) is 0.0909. The van der Waals surface area contributed by atoms with Crippen molar-refractivity contribution in [2.45, 2.75) is 6.04 Å². The fourth-order valence-electron chi connectivity index (χ4n) is 1.34. The summed E-state index contributed by atoms with van der Waals surface area (Å²) in [6.45, 7) is 0. The highest BCUT2D eigenvalue weighted by Crippen LogP contribution is 2.36. The van der Waals surface area contributed by atoms with Crippen LogP contribution in [0.25, 0.3) is 0 Å². The molecule has 0 saturated heterocycles. The van der Waals surface area contributed by atoms with E-state index in [2.05, 4.69) is 15.9 Å². The van der Waals surface area contributed by atoms with Gasteiger partial charge in [0.25, 0.3) is 0 Å². The molecule has 1 aromatic carbocycles. The molecule has 2 rings (SSSR count). The van der Waals surface area contributed by atoms with Gasteiger partial charge in [-0.1, -0.05) is 41.9 Å². The minimum Gasteiger partial charge on any atom is -0.320 e. The van der Waals surface area contributed by atoms with E-state index in [1.165, 1.54) is 11.3 Å². The summed E-state index contributed by atoms with van der Waals surface area (Å²) < 4.78 is 1.66. The molecule has 1 heterocycles. The van der Waals surface area contributed by atoms with E-state index >= 15 is 0 Å². The summed E-state index contributed by atoms with van der Waals surface area (Å²) >= 11 is 10.9. The molecular weight excluding hydrogens is 294 g/mol. The number of hydrogen-bond donors (Lipinski definition) is 1. The summed E-state index contributed by atoms with van der Waals surface area (Å²) in [6.07, 6.45) is 0. The average Bonchev–Trinajstić information content (AvgIpc) is 2.59. The van der Waals surface area contributed by atoms with E-state index < -0.39 is 0 Å². The van der Waals surface area contributed by atoms with E-state index in [9.17, 15) is 0 Å². The quantitative estimate of drug-likeness (QED) is 0.883. The second-order valence-corrected chi connectivity index (χ2v) is 5.70. The van der Waals surface area contributed by atoms with E-state index in [4.69, 9.17) is 17.3 Å². The molecule has 0 saturated carbocycles. The lowest BCUT2D eigenvalue weighted by molar-refractivity contribution is 0.893. The summed E-state index contributed by atoms with van der Waals surface area (Å²) in [7, 11) is 0. The first-order chi connectivity index (χ1) is 7.18. The molecule has 2 N–H and O–H groups in total. The van der Waals surface area contributed by atoms with Crippen molar-refractivity contribution in [2.24, 2.45) is 5.73 Å². The molecule has 1 atom stereocenters. The molecule has 15 heavy (non-hydrogen) atoms. The molecule has 2 aromatic rings. The van der Waals surface area contributed by atoms with Crippen molar-refractivity contribution in [2.75, 3.05) is 0 Å². The number of halogens is 2. The van der Waals surface area contributed by atoms with Gasteiger partial charge in [-0.3, -0.25) is 0 Å². The van der Waals surface area contributed by atoms with Crippen molar-refractivity contribution in [3.05, 3.63) is 55.6 Å². The van der Waals surface area contributed by atoms with Gasteiger partial charge in [-0.05, 0) is 27.6 Å². The number of hydrogen-bond acceptors (Lipinski definition) is 2. The molecular formula is C11H9BrClNS. The Hall–Kier alpha value is -0.350. The van der Waals surface area contributed by atoms with Crippen LogP contribution in [0.5, 0.6) is 0 Å². The number of thiophene rings is 1. The second kappa shape index (κ2) is 4.66. The highest BCUT2D eigenvalue weighted by Gasteiger charge is 2.13. The SMILES string of the molecule is NC(c1ccccc1)c1cc(Br)c(Cl)s1. The number of rotatable bonds is 2. The second-order valence-electron chi connectivity index (χ2n) is 3.16. The Morgan fingerprint density at radius 2 is 1.93 bits per heavy atom. The Morgan fingerprint density at radius 3 is 2.47 bits per heavy atom. The van der Waals surface area contributed by atoms with Gasteiger partial charge in [-0.15, -0.1) is 11.3 Å². The third-order valence-electron chi connectivity index (χ3n) is 2.13. The van der Waals surface area contributed by atoms with Crippen molar-refractivity contribution in [1.82, 2.24) is 0 Å². The number of nitrogens with two attached hydrogens (primary N) is 1. The number of benzene rings is 1. The summed E-state index contributed by atoms with van der Waals surface area (Å²) in [5.41, 5.74) is 7.23. The van der Waals surface area contributed by atoms with E-state index in [0.29, 0.717) is 0 Å². The predicted molar refractivity (Wildman–Crippen MR) is 69.5 cm³/mol. The standard InChI is InChI=1S/C11H9BrClNS/c12-8-6-9(15-11(8)13)10(14)7-4-2-1-3-5-7/h1-6,10H,14H2. The van der Waals surface area contributed by atoms with Crippen LogP contribution in [0, 0.1) is 0 Å². The molecule has 4 heteroatoms. The van der Waals surface area contributed by atoms with E-state index in [1.807, 2.05) is 36.4 Å². The van der Waals surface area contributed by atoms with Crippen LogP contribution < -0.4 is 5.73 Å². The predicted octanol–water partition coefficient (Wildman–Crippen LogP) is 4.21. The van der Waals surface area contributed by atoms with Gasteiger partial charge >= 0.3 is 0 Å². The Kier molecular flexibility index (Phi) is 3.46. The van der Waals surface area contributed by atoms with Crippen LogP contribution in [0.15, 0.2) is 40.9 Å². The van der Waals surface area contributed by atoms with Crippen molar-refractivity contribution in [3.63, 3.8) is 0 Å². The molecule has 0 spiro atoms. The maximum absolute atomic E-state index is 6.13. The Morgan fingerprint density at radius 1 is 1.27 bits per heavy atom. The highest BCUT2D eigenvalue weighted by molar-refractivity contribution is 9.10. The van der Waals surface area contributed by atoms with Gasteiger partial charge in [0.2, 0.25) is 0 Å².